The molecule has 0 fully saturated rings. The van der Waals surface area contributed by atoms with Crippen molar-refractivity contribution in [1.29, 1.82) is 0 Å². The van der Waals surface area contributed by atoms with Gasteiger partial charge in [0.1, 0.15) is 0 Å². The number of rotatable bonds is 5. The molecule has 84 valence electrons. The van der Waals surface area contributed by atoms with Gasteiger partial charge in [-0.1, -0.05) is 0 Å². The van der Waals surface area contributed by atoms with Gasteiger partial charge in [0.2, 0.25) is 0 Å². The number of aromatic nitrogens is 2. The largest absolute Gasteiger partial charge is 0.457 e. The minimum Gasteiger partial charge on any atom is -0.457 e. The van der Waals surface area contributed by atoms with Crippen molar-refractivity contribution in [2.45, 2.75) is 19.9 Å². The molecule has 0 aliphatic heterocycles. The first-order chi connectivity index (χ1) is 7.13. The normalized spacial score (nSPS) is 10.7. The summed E-state index contributed by atoms with van der Waals surface area (Å²) in [4.78, 5) is 7.78. The number of hydrogen-bond acceptors (Lipinski definition) is 4. The Hall–Kier alpha value is -1.30. The number of nitrogens with one attached hydrogen (secondary N) is 1. The Morgan fingerprint density at radius 2 is 2.27 bits per heavy atom. The van der Waals surface area contributed by atoms with Crippen molar-refractivity contribution in [2.24, 2.45) is 0 Å². The van der Waals surface area contributed by atoms with Crippen LogP contribution in [-0.4, -0.2) is 30.0 Å². The van der Waals surface area contributed by atoms with Crippen molar-refractivity contribution in [3.63, 3.8) is 0 Å². The van der Waals surface area contributed by atoms with Gasteiger partial charge in [0, 0.05) is 24.0 Å². The summed E-state index contributed by atoms with van der Waals surface area (Å²) in [5.74, 6) is 0. The van der Waals surface area contributed by atoms with Crippen LogP contribution in [0.3, 0.4) is 0 Å². The maximum atomic E-state index is 11.8. The molecule has 1 aromatic rings. The molecular formula is C9H13F2N3O. The summed E-state index contributed by atoms with van der Waals surface area (Å²) < 4.78 is 28.3. The Labute approximate surface area is 86.7 Å². The molecule has 1 aromatic heterocycles. The smallest absolute Gasteiger partial charge is 0.316 e. The Kier molecular flexibility index (Phi) is 4.36. The molecule has 0 saturated heterocycles. The fourth-order valence-corrected chi connectivity index (χ4v) is 1.04. The van der Waals surface area contributed by atoms with Crippen LogP contribution in [0.15, 0.2) is 6.20 Å². The zero-order valence-electron chi connectivity index (χ0n) is 8.63. The molecule has 0 radical (unpaired) electrons. The SMILES string of the molecule is CNCc1cnc(OCC(F)F)nc1C. The first kappa shape index (κ1) is 11.8. The lowest BCUT2D eigenvalue weighted by Crippen LogP contribution is -2.12. The number of aryl methyl sites for hydroxylation is 1. The van der Waals surface area contributed by atoms with Crippen molar-refractivity contribution in [3.8, 4) is 6.01 Å². The maximum absolute atomic E-state index is 11.8. The summed E-state index contributed by atoms with van der Waals surface area (Å²) in [7, 11) is 1.81. The molecule has 0 atom stereocenters. The quantitative estimate of drug-likeness (QED) is 0.803. The third kappa shape index (κ3) is 3.75. The summed E-state index contributed by atoms with van der Waals surface area (Å²) >= 11 is 0. The topological polar surface area (TPSA) is 47.0 Å². The third-order valence-corrected chi connectivity index (χ3v) is 1.76. The average Bonchev–Trinajstić information content (AvgIpc) is 2.19. The van der Waals surface area contributed by atoms with E-state index < -0.39 is 13.0 Å². The lowest BCUT2D eigenvalue weighted by atomic mass is 10.2. The van der Waals surface area contributed by atoms with E-state index in [-0.39, 0.29) is 6.01 Å². The molecule has 1 heterocycles. The zero-order chi connectivity index (χ0) is 11.3. The van der Waals surface area contributed by atoms with Gasteiger partial charge in [0.15, 0.2) is 6.61 Å². The van der Waals surface area contributed by atoms with E-state index in [1.807, 2.05) is 0 Å². The van der Waals surface area contributed by atoms with Crippen LogP contribution < -0.4 is 10.1 Å². The number of halogens is 2. The van der Waals surface area contributed by atoms with Crippen molar-refractivity contribution in [2.75, 3.05) is 13.7 Å². The van der Waals surface area contributed by atoms with E-state index in [0.29, 0.717) is 6.54 Å². The van der Waals surface area contributed by atoms with Crippen LogP contribution >= 0.6 is 0 Å². The highest BCUT2D eigenvalue weighted by Gasteiger charge is 2.07. The molecular weight excluding hydrogens is 204 g/mol. The summed E-state index contributed by atoms with van der Waals surface area (Å²) in [6.07, 6.45) is -0.939. The summed E-state index contributed by atoms with van der Waals surface area (Å²) in [6, 6.07) is -0.00680. The van der Waals surface area contributed by atoms with Gasteiger partial charge < -0.3 is 10.1 Å². The van der Waals surface area contributed by atoms with Crippen LogP contribution in [-0.2, 0) is 6.54 Å². The summed E-state index contributed by atoms with van der Waals surface area (Å²) in [5, 5.41) is 2.95. The van der Waals surface area contributed by atoms with E-state index in [0.717, 1.165) is 11.3 Å². The molecule has 0 aromatic carbocycles. The summed E-state index contributed by atoms with van der Waals surface area (Å²) in [5.41, 5.74) is 1.64. The highest BCUT2D eigenvalue weighted by Crippen LogP contribution is 2.09. The first-order valence-corrected chi connectivity index (χ1v) is 4.51. The molecule has 1 N–H and O–H groups in total. The number of ether oxygens (including phenoxy) is 1. The van der Waals surface area contributed by atoms with Gasteiger partial charge in [0.05, 0.1) is 0 Å². The van der Waals surface area contributed by atoms with Gasteiger partial charge in [-0.15, -0.1) is 0 Å². The van der Waals surface area contributed by atoms with Crippen LogP contribution in [0.1, 0.15) is 11.3 Å². The van der Waals surface area contributed by atoms with E-state index in [9.17, 15) is 8.78 Å². The molecule has 0 aliphatic rings. The molecule has 15 heavy (non-hydrogen) atoms. The summed E-state index contributed by atoms with van der Waals surface area (Å²) in [6.45, 7) is 1.75. The Morgan fingerprint density at radius 3 is 2.80 bits per heavy atom. The number of nitrogens with zero attached hydrogens (tertiary/aromatic N) is 2. The monoisotopic (exact) mass is 217 g/mol. The van der Waals surface area contributed by atoms with Crippen LogP contribution in [0.4, 0.5) is 8.78 Å². The Morgan fingerprint density at radius 1 is 1.53 bits per heavy atom. The fourth-order valence-electron chi connectivity index (χ4n) is 1.04. The molecule has 0 unspecified atom stereocenters. The predicted molar refractivity (Wildman–Crippen MR) is 51.0 cm³/mol. The van der Waals surface area contributed by atoms with Gasteiger partial charge in [-0.05, 0) is 14.0 Å². The number of hydrogen-bond donors (Lipinski definition) is 1. The second-order valence-corrected chi connectivity index (χ2v) is 3.00. The predicted octanol–water partition coefficient (Wildman–Crippen LogP) is 1.15. The van der Waals surface area contributed by atoms with E-state index in [1.165, 1.54) is 0 Å². The van der Waals surface area contributed by atoms with Crippen LogP contribution in [0, 0.1) is 6.92 Å². The van der Waals surface area contributed by atoms with Gasteiger partial charge in [-0.2, -0.15) is 0 Å². The van der Waals surface area contributed by atoms with Crippen LogP contribution in [0.25, 0.3) is 0 Å². The van der Waals surface area contributed by atoms with E-state index in [4.69, 9.17) is 0 Å². The standard InChI is InChI=1S/C9H13F2N3O/c1-6-7(3-12-2)4-13-9(14-6)15-5-8(10)11/h4,8,12H,3,5H2,1-2H3. The molecule has 4 nitrogen and oxygen atoms in total. The molecule has 0 spiro atoms. The highest BCUT2D eigenvalue weighted by molar-refractivity contribution is 5.17. The molecule has 0 amide bonds. The van der Waals surface area contributed by atoms with Crippen LogP contribution in [0.5, 0.6) is 6.01 Å². The van der Waals surface area contributed by atoms with Gasteiger partial charge in [0.25, 0.3) is 6.43 Å². The number of alkyl halides is 2. The lowest BCUT2D eigenvalue weighted by molar-refractivity contribution is 0.0769. The molecule has 6 heteroatoms. The molecule has 0 aliphatic carbocycles. The van der Waals surface area contributed by atoms with Gasteiger partial charge in [-0.25, -0.2) is 18.7 Å². The third-order valence-electron chi connectivity index (χ3n) is 1.76. The van der Waals surface area contributed by atoms with Crippen molar-refractivity contribution in [1.82, 2.24) is 15.3 Å². The average molecular weight is 217 g/mol. The Balaban J connectivity index is 2.64. The Bertz CT molecular complexity index is 320. The fraction of sp³-hybridized carbons (Fsp3) is 0.556. The minimum atomic E-state index is -2.51. The minimum absolute atomic E-state index is 0.00680. The maximum Gasteiger partial charge on any atom is 0.316 e. The van der Waals surface area contributed by atoms with Crippen molar-refractivity contribution in [3.05, 3.63) is 17.5 Å². The second-order valence-electron chi connectivity index (χ2n) is 3.00. The van der Waals surface area contributed by atoms with Gasteiger partial charge >= 0.3 is 6.01 Å². The molecule has 0 bridgehead atoms. The van der Waals surface area contributed by atoms with Crippen LogP contribution in [0.2, 0.25) is 0 Å². The van der Waals surface area contributed by atoms with Crippen molar-refractivity contribution >= 4 is 0 Å². The lowest BCUT2D eigenvalue weighted by Gasteiger charge is -2.07. The van der Waals surface area contributed by atoms with E-state index >= 15 is 0 Å². The van der Waals surface area contributed by atoms with Crippen molar-refractivity contribution < 1.29 is 13.5 Å². The first-order valence-electron chi connectivity index (χ1n) is 4.51. The molecule has 0 saturated carbocycles. The zero-order valence-corrected chi connectivity index (χ0v) is 8.63. The highest BCUT2D eigenvalue weighted by atomic mass is 19.3. The van der Waals surface area contributed by atoms with Gasteiger partial charge in [-0.3, -0.25) is 0 Å². The van der Waals surface area contributed by atoms with E-state index in [1.54, 1.807) is 20.2 Å². The van der Waals surface area contributed by atoms with E-state index in [2.05, 4.69) is 20.0 Å². The molecule has 1 rings (SSSR count). The second kappa shape index (κ2) is 5.55.